The summed E-state index contributed by atoms with van der Waals surface area (Å²) in [5.41, 5.74) is 5.02. The van der Waals surface area contributed by atoms with Gasteiger partial charge in [0.2, 0.25) is 0 Å². The third-order valence-electron chi connectivity index (χ3n) is 1.05. The number of anilines is 1. The topological polar surface area (TPSA) is 48.1 Å². The summed E-state index contributed by atoms with van der Waals surface area (Å²) in [5.74, 6) is -2.64. The summed E-state index contributed by atoms with van der Waals surface area (Å²) in [7, 11) is 0. The Morgan fingerprint density at radius 3 is 2.46 bits per heavy atom. The van der Waals surface area contributed by atoms with Crippen molar-refractivity contribution in [2.45, 2.75) is 6.36 Å². The Hall–Kier alpha value is -1.53. The Morgan fingerprint density at radius 2 is 1.92 bits per heavy atom. The number of nitrogens with two attached hydrogens (primary N) is 1. The maximum Gasteiger partial charge on any atom is 0.574 e. The maximum absolute atomic E-state index is 12.6. The number of ether oxygens (including phenoxy) is 1. The van der Waals surface area contributed by atoms with Gasteiger partial charge in [0.05, 0.1) is 0 Å². The van der Waals surface area contributed by atoms with Crippen molar-refractivity contribution in [3.05, 3.63) is 17.9 Å². The molecule has 0 amide bonds. The van der Waals surface area contributed by atoms with Gasteiger partial charge in [-0.2, -0.15) is 4.98 Å². The SMILES string of the molecule is Nc1ccc(F)c(OC(F)(F)F)n1. The van der Waals surface area contributed by atoms with Crippen LogP contribution in [0.25, 0.3) is 0 Å². The van der Waals surface area contributed by atoms with E-state index < -0.39 is 18.1 Å². The van der Waals surface area contributed by atoms with Crippen molar-refractivity contribution in [2.24, 2.45) is 0 Å². The van der Waals surface area contributed by atoms with E-state index >= 15 is 0 Å². The summed E-state index contributed by atoms with van der Waals surface area (Å²) in [6.45, 7) is 0. The number of nitrogen functional groups attached to an aromatic ring is 1. The number of hydrogen-bond acceptors (Lipinski definition) is 3. The highest BCUT2D eigenvalue weighted by atomic mass is 19.4. The van der Waals surface area contributed by atoms with Crippen LogP contribution in [0.3, 0.4) is 0 Å². The zero-order valence-corrected chi connectivity index (χ0v) is 6.10. The molecular weight excluding hydrogens is 192 g/mol. The first-order chi connectivity index (χ1) is 5.88. The number of hydrogen-bond donors (Lipinski definition) is 1. The summed E-state index contributed by atoms with van der Waals surface area (Å²) in [4.78, 5) is 3.02. The minimum atomic E-state index is -4.97. The van der Waals surface area contributed by atoms with Gasteiger partial charge in [-0.3, -0.25) is 0 Å². The van der Waals surface area contributed by atoms with Crippen LogP contribution in [0.1, 0.15) is 0 Å². The maximum atomic E-state index is 12.6. The minimum Gasteiger partial charge on any atom is -0.385 e. The first kappa shape index (κ1) is 9.56. The lowest BCUT2D eigenvalue weighted by molar-refractivity contribution is -0.277. The largest absolute Gasteiger partial charge is 0.574 e. The van der Waals surface area contributed by atoms with Crippen LogP contribution in [0.2, 0.25) is 0 Å². The van der Waals surface area contributed by atoms with Crippen LogP contribution in [0, 0.1) is 5.82 Å². The standard InChI is InChI=1S/C6H4F4N2O/c7-3-1-2-4(11)12-5(3)13-6(8,9)10/h1-2H,(H2,11,12). The average molecular weight is 196 g/mol. The van der Waals surface area contributed by atoms with E-state index in [2.05, 4.69) is 9.72 Å². The Balaban J connectivity index is 2.94. The molecule has 0 spiro atoms. The molecule has 1 aromatic rings. The molecule has 0 aromatic carbocycles. The molecule has 0 aliphatic heterocycles. The molecule has 0 radical (unpaired) electrons. The van der Waals surface area contributed by atoms with Crippen molar-refractivity contribution >= 4 is 5.82 Å². The van der Waals surface area contributed by atoms with E-state index in [0.29, 0.717) is 0 Å². The highest BCUT2D eigenvalue weighted by Crippen LogP contribution is 2.23. The predicted octanol–water partition coefficient (Wildman–Crippen LogP) is 1.70. The molecule has 2 N–H and O–H groups in total. The van der Waals surface area contributed by atoms with Crippen LogP contribution < -0.4 is 10.5 Å². The van der Waals surface area contributed by atoms with E-state index in [-0.39, 0.29) is 5.82 Å². The fourth-order valence-corrected chi connectivity index (χ4v) is 0.619. The smallest absolute Gasteiger partial charge is 0.385 e. The third-order valence-corrected chi connectivity index (χ3v) is 1.05. The van der Waals surface area contributed by atoms with Crippen molar-refractivity contribution in [1.82, 2.24) is 4.98 Å². The average Bonchev–Trinajstić information content (AvgIpc) is 1.94. The zero-order chi connectivity index (χ0) is 10.1. The van der Waals surface area contributed by atoms with Gasteiger partial charge in [-0.25, -0.2) is 4.39 Å². The second kappa shape index (κ2) is 3.08. The molecule has 0 aliphatic carbocycles. The van der Waals surface area contributed by atoms with Gasteiger partial charge in [-0.05, 0) is 12.1 Å². The van der Waals surface area contributed by atoms with Crippen molar-refractivity contribution in [3.63, 3.8) is 0 Å². The summed E-state index contributed by atoms with van der Waals surface area (Å²) in [6, 6.07) is 1.77. The molecular formula is C6H4F4N2O. The minimum absolute atomic E-state index is 0.249. The highest BCUT2D eigenvalue weighted by molar-refractivity contribution is 5.32. The quantitative estimate of drug-likeness (QED) is 0.695. The number of halogens is 4. The van der Waals surface area contributed by atoms with E-state index in [0.717, 1.165) is 12.1 Å². The lowest BCUT2D eigenvalue weighted by atomic mass is 10.4. The molecule has 1 heterocycles. The van der Waals surface area contributed by atoms with Gasteiger partial charge in [0, 0.05) is 0 Å². The van der Waals surface area contributed by atoms with Gasteiger partial charge in [-0.1, -0.05) is 0 Å². The van der Waals surface area contributed by atoms with Crippen molar-refractivity contribution < 1.29 is 22.3 Å². The summed E-state index contributed by atoms with van der Waals surface area (Å²) < 4.78 is 50.6. The van der Waals surface area contributed by atoms with Crippen molar-refractivity contribution in [2.75, 3.05) is 5.73 Å². The van der Waals surface area contributed by atoms with Gasteiger partial charge in [0.25, 0.3) is 5.88 Å². The molecule has 0 bridgehead atoms. The molecule has 0 atom stereocenters. The normalized spacial score (nSPS) is 11.4. The van der Waals surface area contributed by atoms with Crippen molar-refractivity contribution in [1.29, 1.82) is 0 Å². The Bertz CT molecular complexity index is 312. The highest BCUT2D eigenvalue weighted by Gasteiger charge is 2.33. The Kier molecular flexibility index (Phi) is 2.26. The van der Waals surface area contributed by atoms with E-state index in [4.69, 9.17) is 5.73 Å². The van der Waals surface area contributed by atoms with Crippen molar-refractivity contribution in [3.8, 4) is 5.88 Å². The van der Waals surface area contributed by atoms with Crippen LogP contribution >= 0.6 is 0 Å². The molecule has 3 nitrogen and oxygen atoms in total. The third kappa shape index (κ3) is 2.77. The van der Waals surface area contributed by atoms with Crippen LogP contribution in [0.4, 0.5) is 23.4 Å². The Morgan fingerprint density at radius 1 is 1.31 bits per heavy atom. The molecule has 0 saturated heterocycles. The second-order valence-corrected chi connectivity index (χ2v) is 2.07. The monoisotopic (exact) mass is 196 g/mol. The van der Waals surface area contributed by atoms with Crippen LogP contribution in [0.15, 0.2) is 12.1 Å². The van der Waals surface area contributed by atoms with Gasteiger partial charge in [0.15, 0.2) is 5.82 Å². The molecule has 0 unspecified atom stereocenters. The molecule has 1 aromatic heterocycles. The van der Waals surface area contributed by atoms with Crippen LogP contribution in [-0.2, 0) is 0 Å². The first-order valence-corrected chi connectivity index (χ1v) is 3.06. The van der Waals surface area contributed by atoms with E-state index in [1.807, 2.05) is 0 Å². The van der Waals surface area contributed by atoms with E-state index in [1.54, 1.807) is 0 Å². The lowest BCUT2D eigenvalue weighted by Crippen LogP contribution is -2.19. The molecule has 0 fully saturated rings. The molecule has 13 heavy (non-hydrogen) atoms. The summed E-state index contributed by atoms with van der Waals surface area (Å²) in [6.07, 6.45) is -4.97. The summed E-state index contributed by atoms with van der Waals surface area (Å²) in [5, 5.41) is 0. The fourth-order valence-electron chi connectivity index (χ4n) is 0.619. The number of rotatable bonds is 1. The van der Waals surface area contributed by atoms with Gasteiger partial charge < -0.3 is 10.5 Å². The number of pyridine rings is 1. The van der Waals surface area contributed by atoms with Gasteiger partial charge >= 0.3 is 6.36 Å². The molecule has 0 saturated carbocycles. The zero-order valence-electron chi connectivity index (χ0n) is 6.10. The van der Waals surface area contributed by atoms with Crippen LogP contribution in [-0.4, -0.2) is 11.3 Å². The van der Waals surface area contributed by atoms with Gasteiger partial charge in [0.1, 0.15) is 5.82 Å². The number of alkyl halides is 3. The van der Waals surface area contributed by atoms with Gasteiger partial charge in [-0.15, -0.1) is 13.2 Å². The lowest BCUT2D eigenvalue weighted by Gasteiger charge is -2.08. The molecule has 0 aliphatic rings. The predicted molar refractivity (Wildman–Crippen MR) is 35.3 cm³/mol. The Labute approximate surface area is 70.1 Å². The number of nitrogens with zero attached hydrogens (tertiary/aromatic N) is 1. The summed E-state index contributed by atoms with van der Waals surface area (Å²) >= 11 is 0. The van der Waals surface area contributed by atoms with E-state index in [9.17, 15) is 17.6 Å². The van der Waals surface area contributed by atoms with Crippen LogP contribution in [0.5, 0.6) is 5.88 Å². The first-order valence-electron chi connectivity index (χ1n) is 3.06. The van der Waals surface area contributed by atoms with E-state index in [1.165, 1.54) is 0 Å². The molecule has 72 valence electrons. The number of aromatic nitrogens is 1. The molecule has 1 rings (SSSR count). The fraction of sp³-hybridized carbons (Fsp3) is 0.167. The second-order valence-electron chi connectivity index (χ2n) is 2.07. The molecule has 7 heteroatoms.